The van der Waals surface area contributed by atoms with Gasteiger partial charge in [0.25, 0.3) is 5.91 Å². The van der Waals surface area contributed by atoms with Crippen LogP contribution in [0.4, 0.5) is 0 Å². The summed E-state index contributed by atoms with van der Waals surface area (Å²) in [6.07, 6.45) is 2.10. The topological polar surface area (TPSA) is 116 Å². The minimum absolute atomic E-state index is 0.153. The molecule has 0 aromatic carbocycles. The molecule has 2 amide bonds. The third kappa shape index (κ3) is 4.96. The van der Waals surface area contributed by atoms with Gasteiger partial charge in [0, 0.05) is 7.05 Å². The van der Waals surface area contributed by atoms with Crippen LogP contribution in [0.1, 0.15) is 33.1 Å². The molecule has 8 nitrogen and oxygen atoms in total. The zero-order valence-electron chi connectivity index (χ0n) is 13.4. The molecule has 1 rings (SSSR count). The van der Waals surface area contributed by atoms with E-state index < -0.39 is 24.5 Å². The van der Waals surface area contributed by atoms with E-state index >= 15 is 0 Å². The third-order valence-corrected chi connectivity index (χ3v) is 3.74. The first kappa shape index (κ1) is 18.4. The summed E-state index contributed by atoms with van der Waals surface area (Å²) in [5, 5.41) is 12.5. The Morgan fingerprint density at radius 1 is 1.36 bits per heavy atom. The third-order valence-electron chi connectivity index (χ3n) is 3.74. The number of nitrogens with one attached hydrogen (secondary N) is 1. The standard InChI is InChI=1S/C14H26N4O4/c1-9(2)7-11(14(22)18(15)8-12(19)20)17(3)13(21)10-5-4-6-16-10/h9-11,16H,4-8,15H2,1-3H3,(H,19,20)/t10-,11+/m0/s1. The molecule has 0 spiro atoms. The number of carboxylic acids is 1. The number of carbonyl (C=O) groups is 3. The van der Waals surface area contributed by atoms with Crippen molar-refractivity contribution in [3.05, 3.63) is 0 Å². The van der Waals surface area contributed by atoms with E-state index in [1.165, 1.54) is 4.90 Å². The fourth-order valence-electron chi connectivity index (χ4n) is 2.58. The molecule has 0 aliphatic carbocycles. The highest BCUT2D eigenvalue weighted by Crippen LogP contribution is 2.16. The molecule has 0 bridgehead atoms. The van der Waals surface area contributed by atoms with E-state index in [1.807, 2.05) is 13.8 Å². The summed E-state index contributed by atoms with van der Waals surface area (Å²) in [6.45, 7) is 4.07. The lowest BCUT2D eigenvalue weighted by Crippen LogP contribution is -2.56. The summed E-state index contributed by atoms with van der Waals surface area (Å²) in [5.74, 6) is 3.81. The van der Waals surface area contributed by atoms with Gasteiger partial charge in [-0.05, 0) is 31.7 Å². The predicted octanol–water partition coefficient (Wildman–Crippen LogP) is -0.602. The van der Waals surface area contributed by atoms with Crippen molar-refractivity contribution in [1.82, 2.24) is 15.2 Å². The minimum Gasteiger partial charge on any atom is -0.480 e. The van der Waals surface area contributed by atoms with E-state index in [4.69, 9.17) is 10.9 Å². The van der Waals surface area contributed by atoms with Crippen LogP contribution in [0.5, 0.6) is 0 Å². The molecule has 0 saturated carbocycles. The maximum atomic E-state index is 12.5. The summed E-state index contributed by atoms with van der Waals surface area (Å²) in [4.78, 5) is 37.0. The van der Waals surface area contributed by atoms with Crippen molar-refractivity contribution in [1.29, 1.82) is 0 Å². The number of carbonyl (C=O) groups excluding carboxylic acids is 2. The Morgan fingerprint density at radius 3 is 2.45 bits per heavy atom. The van der Waals surface area contributed by atoms with E-state index in [-0.39, 0.29) is 17.9 Å². The average molecular weight is 314 g/mol. The monoisotopic (exact) mass is 314 g/mol. The fraction of sp³-hybridized carbons (Fsp3) is 0.786. The number of carboxylic acid groups (broad SMARTS) is 1. The summed E-state index contributed by atoms with van der Waals surface area (Å²) in [7, 11) is 1.57. The van der Waals surface area contributed by atoms with Crippen LogP contribution in [0.15, 0.2) is 0 Å². The summed E-state index contributed by atoms with van der Waals surface area (Å²) >= 11 is 0. The van der Waals surface area contributed by atoms with E-state index in [2.05, 4.69) is 5.32 Å². The van der Waals surface area contributed by atoms with Crippen molar-refractivity contribution in [2.24, 2.45) is 11.8 Å². The minimum atomic E-state index is -1.19. The summed E-state index contributed by atoms with van der Waals surface area (Å²) in [6, 6.07) is -1.03. The lowest BCUT2D eigenvalue weighted by atomic mass is 10.0. The van der Waals surface area contributed by atoms with Crippen LogP contribution in [0, 0.1) is 5.92 Å². The highest BCUT2D eigenvalue weighted by Gasteiger charge is 2.34. The maximum Gasteiger partial charge on any atom is 0.324 e. The van der Waals surface area contributed by atoms with Crippen molar-refractivity contribution in [3.63, 3.8) is 0 Å². The fourth-order valence-corrected chi connectivity index (χ4v) is 2.58. The Kier molecular flexibility index (Phi) is 6.76. The first-order valence-corrected chi connectivity index (χ1v) is 7.52. The van der Waals surface area contributed by atoms with Gasteiger partial charge in [-0.2, -0.15) is 0 Å². The molecule has 0 aromatic rings. The van der Waals surface area contributed by atoms with Gasteiger partial charge in [0.2, 0.25) is 5.91 Å². The number of amides is 2. The maximum absolute atomic E-state index is 12.5. The first-order valence-electron chi connectivity index (χ1n) is 7.52. The van der Waals surface area contributed by atoms with Gasteiger partial charge in [-0.3, -0.25) is 19.4 Å². The molecule has 0 aromatic heterocycles. The van der Waals surface area contributed by atoms with Gasteiger partial charge in [-0.15, -0.1) is 0 Å². The molecular weight excluding hydrogens is 288 g/mol. The van der Waals surface area contributed by atoms with Crippen LogP contribution in [-0.2, 0) is 14.4 Å². The highest BCUT2D eigenvalue weighted by atomic mass is 16.4. The van der Waals surface area contributed by atoms with Crippen LogP contribution < -0.4 is 11.2 Å². The average Bonchev–Trinajstić information content (AvgIpc) is 2.95. The van der Waals surface area contributed by atoms with E-state index in [0.29, 0.717) is 11.4 Å². The molecule has 1 saturated heterocycles. The molecule has 0 unspecified atom stereocenters. The van der Waals surface area contributed by atoms with Gasteiger partial charge < -0.3 is 15.3 Å². The summed E-state index contributed by atoms with van der Waals surface area (Å²) < 4.78 is 0. The molecule has 8 heteroatoms. The first-order chi connectivity index (χ1) is 10.2. The Labute approximate surface area is 130 Å². The SMILES string of the molecule is CC(C)C[C@H](C(=O)N(N)CC(=O)O)N(C)C(=O)[C@@H]1CCCN1. The molecule has 1 aliphatic rings. The van der Waals surface area contributed by atoms with Crippen molar-refractivity contribution >= 4 is 17.8 Å². The van der Waals surface area contributed by atoms with Gasteiger partial charge in [0.15, 0.2) is 0 Å². The second kappa shape index (κ2) is 8.09. The number of hydrogen-bond donors (Lipinski definition) is 3. The van der Waals surface area contributed by atoms with E-state index in [0.717, 1.165) is 19.4 Å². The number of likely N-dealkylation sites (N-methyl/N-ethyl adjacent to an activating group) is 1. The molecule has 1 fully saturated rings. The number of rotatable bonds is 7. The smallest absolute Gasteiger partial charge is 0.324 e. The second-order valence-corrected chi connectivity index (χ2v) is 6.10. The molecule has 0 radical (unpaired) electrons. The Balaban J connectivity index is 2.83. The zero-order valence-corrected chi connectivity index (χ0v) is 13.4. The van der Waals surface area contributed by atoms with Crippen LogP contribution >= 0.6 is 0 Å². The van der Waals surface area contributed by atoms with E-state index in [1.54, 1.807) is 7.05 Å². The van der Waals surface area contributed by atoms with Gasteiger partial charge in [-0.25, -0.2) is 5.84 Å². The molecule has 2 atom stereocenters. The Hall–Kier alpha value is -1.67. The van der Waals surface area contributed by atoms with Gasteiger partial charge in [-0.1, -0.05) is 13.8 Å². The number of aliphatic carboxylic acids is 1. The van der Waals surface area contributed by atoms with Crippen molar-refractivity contribution < 1.29 is 19.5 Å². The van der Waals surface area contributed by atoms with Gasteiger partial charge in [0.1, 0.15) is 12.6 Å². The second-order valence-electron chi connectivity index (χ2n) is 6.10. The summed E-state index contributed by atoms with van der Waals surface area (Å²) in [5.41, 5.74) is 0. The molecule has 22 heavy (non-hydrogen) atoms. The molecule has 1 aliphatic heterocycles. The lowest BCUT2D eigenvalue weighted by Gasteiger charge is -2.32. The van der Waals surface area contributed by atoms with Gasteiger partial charge in [0.05, 0.1) is 6.04 Å². The highest BCUT2D eigenvalue weighted by molar-refractivity contribution is 5.90. The predicted molar refractivity (Wildman–Crippen MR) is 80.6 cm³/mol. The van der Waals surface area contributed by atoms with Crippen LogP contribution in [0.3, 0.4) is 0 Å². The van der Waals surface area contributed by atoms with E-state index in [9.17, 15) is 14.4 Å². The molecular formula is C14H26N4O4. The van der Waals surface area contributed by atoms with Crippen LogP contribution in [-0.4, -0.2) is 65.0 Å². The van der Waals surface area contributed by atoms with Crippen molar-refractivity contribution in [3.8, 4) is 0 Å². The zero-order chi connectivity index (χ0) is 16.9. The Morgan fingerprint density at radius 2 is 2.00 bits per heavy atom. The number of hydrazine groups is 1. The Bertz CT molecular complexity index is 421. The molecule has 1 heterocycles. The molecule has 4 N–H and O–H groups in total. The number of nitrogens with zero attached hydrogens (tertiary/aromatic N) is 2. The lowest BCUT2D eigenvalue weighted by molar-refractivity contribution is -0.150. The van der Waals surface area contributed by atoms with Crippen molar-refractivity contribution in [2.45, 2.75) is 45.2 Å². The quantitative estimate of drug-likeness (QED) is 0.328. The normalized spacial score (nSPS) is 19.0. The number of hydrogen-bond acceptors (Lipinski definition) is 5. The van der Waals surface area contributed by atoms with Gasteiger partial charge >= 0.3 is 5.97 Å². The molecule has 126 valence electrons. The number of nitrogens with two attached hydrogens (primary N) is 1. The van der Waals surface area contributed by atoms with Crippen LogP contribution in [0.2, 0.25) is 0 Å². The van der Waals surface area contributed by atoms with Crippen LogP contribution in [0.25, 0.3) is 0 Å². The van der Waals surface area contributed by atoms with Crippen molar-refractivity contribution in [2.75, 3.05) is 20.1 Å². The largest absolute Gasteiger partial charge is 0.480 e.